The lowest BCUT2D eigenvalue weighted by molar-refractivity contribution is 0.102. The van der Waals surface area contributed by atoms with Crippen molar-refractivity contribution in [1.29, 1.82) is 0 Å². The van der Waals surface area contributed by atoms with E-state index in [-0.39, 0.29) is 17.2 Å². The van der Waals surface area contributed by atoms with Crippen molar-refractivity contribution in [1.82, 2.24) is 0 Å². The van der Waals surface area contributed by atoms with Crippen LogP contribution in [-0.2, 0) is 0 Å². The lowest BCUT2D eigenvalue weighted by atomic mass is 9.97. The first-order valence-electron chi connectivity index (χ1n) is 9.56. The fourth-order valence-electron chi connectivity index (χ4n) is 3.09. The highest BCUT2D eigenvalue weighted by atomic mass is 35.5. The number of benzene rings is 3. The zero-order valence-corrected chi connectivity index (χ0v) is 17.2. The predicted molar refractivity (Wildman–Crippen MR) is 117 cm³/mol. The predicted octanol–water partition coefficient (Wildman–Crippen LogP) is 6.18. The van der Waals surface area contributed by atoms with Crippen LogP contribution in [0.25, 0.3) is 0 Å². The number of ether oxygens (including phenoxy) is 1. The smallest absolute Gasteiger partial charge is 0.259 e. The van der Waals surface area contributed by atoms with E-state index in [0.717, 1.165) is 12.0 Å². The van der Waals surface area contributed by atoms with Crippen LogP contribution in [-0.4, -0.2) is 17.6 Å². The first kappa shape index (κ1) is 20.7. The maximum absolute atomic E-state index is 12.5. The Balaban J connectivity index is 1.72. The first-order chi connectivity index (χ1) is 14.0. The van der Waals surface area contributed by atoms with Crippen molar-refractivity contribution >= 4 is 23.2 Å². The minimum absolute atomic E-state index is 0.121. The molecule has 0 spiro atoms. The van der Waals surface area contributed by atoms with Gasteiger partial charge in [0.05, 0.1) is 12.2 Å². The van der Waals surface area contributed by atoms with Crippen LogP contribution in [0.3, 0.4) is 0 Å². The molecule has 0 bridgehead atoms. The fourth-order valence-corrected chi connectivity index (χ4v) is 3.26. The summed E-state index contributed by atoms with van der Waals surface area (Å²) in [6.07, 6.45) is 0.966. The van der Waals surface area contributed by atoms with Gasteiger partial charge in [0.25, 0.3) is 5.91 Å². The average Bonchev–Trinajstić information content (AvgIpc) is 2.73. The van der Waals surface area contributed by atoms with Crippen molar-refractivity contribution in [2.24, 2.45) is 0 Å². The number of anilines is 1. The summed E-state index contributed by atoms with van der Waals surface area (Å²) >= 11 is 5.93. The first-order valence-corrected chi connectivity index (χ1v) is 9.94. The molecule has 0 radical (unpaired) electrons. The lowest BCUT2D eigenvalue weighted by Crippen LogP contribution is -2.13. The molecule has 0 fully saturated rings. The van der Waals surface area contributed by atoms with Gasteiger partial charge in [-0.2, -0.15) is 0 Å². The summed E-state index contributed by atoms with van der Waals surface area (Å²) in [6, 6.07) is 20.1. The number of carbonyl (C=O) groups is 1. The third-order valence-electron chi connectivity index (χ3n) is 4.85. The monoisotopic (exact) mass is 409 g/mol. The molecule has 0 unspecified atom stereocenters. The minimum atomic E-state index is -0.435. The van der Waals surface area contributed by atoms with Crippen molar-refractivity contribution in [3.63, 3.8) is 0 Å². The van der Waals surface area contributed by atoms with Crippen LogP contribution in [0.15, 0.2) is 66.7 Å². The number of hydrogen-bond acceptors (Lipinski definition) is 3. The number of nitrogens with one attached hydrogen (secondary N) is 1. The number of rotatable bonds is 7. The summed E-state index contributed by atoms with van der Waals surface area (Å²) in [5.41, 5.74) is 2.93. The van der Waals surface area contributed by atoms with Gasteiger partial charge in [0.2, 0.25) is 0 Å². The van der Waals surface area contributed by atoms with Gasteiger partial charge in [-0.15, -0.1) is 0 Å². The van der Waals surface area contributed by atoms with E-state index in [1.807, 2.05) is 31.2 Å². The van der Waals surface area contributed by atoms with Crippen LogP contribution >= 0.6 is 11.6 Å². The van der Waals surface area contributed by atoms with E-state index < -0.39 is 5.91 Å². The summed E-state index contributed by atoms with van der Waals surface area (Å²) in [5, 5.41) is 13.1. The SMILES string of the molecule is CC[C@@H](COc1cc(NC(=O)c2cc(Cl)ccc2O)ccc1C)c1ccccc1. The Labute approximate surface area is 176 Å². The van der Waals surface area contributed by atoms with Crippen LogP contribution in [0.4, 0.5) is 5.69 Å². The van der Waals surface area contributed by atoms with Gasteiger partial charge in [-0.25, -0.2) is 0 Å². The zero-order chi connectivity index (χ0) is 20.8. The van der Waals surface area contributed by atoms with Crippen molar-refractivity contribution in [2.75, 3.05) is 11.9 Å². The van der Waals surface area contributed by atoms with E-state index in [1.54, 1.807) is 12.1 Å². The second-order valence-electron chi connectivity index (χ2n) is 6.92. The summed E-state index contributed by atoms with van der Waals surface area (Å²) in [4.78, 5) is 12.5. The van der Waals surface area contributed by atoms with Gasteiger partial charge in [0, 0.05) is 22.7 Å². The van der Waals surface area contributed by atoms with Gasteiger partial charge in [-0.05, 0) is 48.7 Å². The molecular formula is C24H24ClNO3. The Morgan fingerprint density at radius 1 is 1.10 bits per heavy atom. The Morgan fingerprint density at radius 3 is 2.59 bits per heavy atom. The molecular weight excluding hydrogens is 386 g/mol. The molecule has 0 aromatic heterocycles. The molecule has 1 atom stereocenters. The van der Waals surface area contributed by atoms with Gasteiger partial charge < -0.3 is 15.2 Å². The van der Waals surface area contributed by atoms with Crippen molar-refractivity contribution < 1.29 is 14.6 Å². The maximum atomic E-state index is 12.5. The third-order valence-corrected chi connectivity index (χ3v) is 5.09. The van der Waals surface area contributed by atoms with E-state index in [2.05, 4.69) is 24.4 Å². The molecule has 3 rings (SSSR count). The Hall–Kier alpha value is -2.98. The van der Waals surface area contributed by atoms with Crippen LogP contribution in [0.2, 0.25) is 5.02 Å². The molecule has 0 aliphatic carbocycles. The largest absolute Gasteiger partial charge is 0.507 e. The van der Waals surface area contributed by atoms with Crippen molar-refractivity contribution in [3.8, 4) is 11.5 Å². The van der Waals surface area contributed by atoms with Crippen LogP contribution in [0.5, 0.6) is 11.5 Å². The number of phenolic OH excluding ortho intramolecular Hbond substituents is 1. The average molecular weight is 410 g/mol. The quantitative estimate of drug-likeness (QED) is 0.490. The van der Waals surface area contributed by atoms with E-state index >= 15 is 0 Å². The number of aromatic hydroxyl groups is 1. The fraction of sp³-hybridized carbons (Fsp3) is 0.208. The molecule has 2 N–H and O–H groups in total. The van der Waals surface area contributed by atoms with E-state index in [0.29, 0.717) is 23.1 Å². The molecule has 1 amide bonds. The Bertz CT molecular complexity index is 989. The zero-order valence-electron chi connectivity index (χ0n) is 16.5. The number of hydrogen-bond donors (Lipinski definition) is 2. The normalized spacial score (nSPS) is 11.7. The van der Waals surface area contributed by atoms with E-state index in [1.165, 1.54) is 23.8 Å². The van der Waals surface area contributed by atoms with Crippen molar-refractivity contribution in [3.05, 3.63) is 88.4 Å². The number of carbonyl (C=O) groups excluding carboxylic acids is 1. The molecule has 0 heterocycles. The molecule has 150 valence electrons. The van der Waals surface area contributed by atoms with Crippen LogP contribution in [0, 0.1) is 6.92 Å². The molecule has 29 heavy (non-hydrogen) atoms. The van der Waals surface area contributed by atoms with Crippen LogP contribution < -0.4 is 10.1 Å². The molecule has 0 saturated heterocycles. The topological polar surface area (TPSA) is 58.6 Å². The van der Waals surface area contributed by atoms with E-state index in [9.17, 15) is 9.90 Å². The van der Waals surface area contributed by atoms with Gasteiger partial charge in [-0.3, -0.25) is 4.79 Å². The maximum Gasteiger partial charge on any atom is 0.259 e. The highest BCUT2D eigenvalue weighted by molar-refractivity contribution is 6.31. The molecule has 3 aromatic rings. The number of halogens is 1. The Kier molecular flexibility index (Phi) is 6.78. The number of phenols is 1. The standard InChI is InChI=1S/C24H24ClNO3/c1-3-17(18-7-5-4-6-8-18)15-29-23-14-20(11-9-16(23)2)26-24(28)21-13-19(25)10-12-22(21)27/h4-14,17,27H,3,15H2,1-2H3,(H,26,28)/t17-/m0/s1. The lowest BCUT2D eigenvalue weighted by Gasteiger charge is -2.18. The highest BCUT2D eigenvalue weighted by Crippen LogP contribution is 2.27. The molecule has 0 aliphatic heterocycles. The van der Waals surface area contributed by atoms with Gasteiger partial charge in [-0.1, -0.05) is 54.9 Å². The third kappa shape index (κ3) is 5.30. The summed E-state index contributed by atoms with van der Waals surface area (Å²) in [5.74, 6) is 0.449. The van der Waals surface area contributed by atoms with Gasteiger partial charge in [0.15, 0.2) is 0 Å². The van der Waals surface area contributed by atoms with Gasteiger partial charge in [0.1, 0.15) is 11.5 Å². The second-order valence-corrected chi connectivity index (χ2v) is 7.36. The molecule has 5 heteroatoms. The summed E-state index contributed by atoms with van der Waals surface area (Å²) in [7, 11) is 0. The minimum Gasteiger partial charge on any atom is -0.507 e. The highest BCUT2D eigenvalue weighted by Gasteiger charge is 2.14. The number of amides is 1. The Morgan fingerprint density at radius 2 is 1.86 bits per heavy atom. The van der Waals surface area contributed by atoms with Crippen molar-refractivity contribution in [2.45, 2.75) is 26.2 Å². The molecule has 3 aromatic carbocycles. The molecule has 0 saturated carbocycles. The summed E-state index contributed by atoms with van der Waals surface area (Å²) < 4.78 is 6.09. The molecule has 0 aliphatic rings. The van der Waals surface area contributed by atoms with E-state index in [4.69, 9.17) is 16.3 Å². The van der Waals surface area contributed by atoms with Crippen LogP contribution in [0.1, 0.15) is 40.7 Å². The van der Waals surface area contributed by atoms with Gasteiger partial charge >= 0.3 is 0 Å². The second kappa shape index (κ2) is 9.48. The molecule has 4 nitrogen and oxygen atoms in total. The summed E-state index contributed by atoms with van der Waals surface area (Å²) in [6.45, 7) is 4.66. The number of aryl methyl sites for hydroxylation is 1.